The minimum atomic E-state index is 0.156. The number of nitrogens with zero attached hydrogens (tertiary/aromatic N) is 3. The molecule has 2 rings (SSSR count). The van der Waals surface area contributed by atoms with Crippen molar-refractivity contribution >= 4 is 5.91 Å². The van der Waals surface area contributed by atoms with Crippen LogP contribution in [-0.2, 0) is 9.53 Å². The van der Waals surface area contributed by atoms with Gasteiger partial charge in [0.15, 0.2) is 0 Å². The van der Waals surface area contributed by atoms with Gasteiger partial charge in [-0.1, -0.05) is 13.8 Å². The van der Waals surface area contributed by atoms with Crippen LogP contribution in [0.15, 0.2) is 0 Å². The molecule has 5 nitrogen and oxygen atoms in total. The number of ether oxygens (including phenoxy) is 1. The first kappa shape index (κ1) is 17.7. The van der Waals surface area contributed by atoms with E-state index in [4.69, 9.17) is 4.74 Å². The molecule has 2 aliphatic heterocycles. The van der Waals surface area contributed by atoms with E-state index in [0.717, 1.165) is 58.8 Å². The fourth-order valence-corrected chi connectivity index (χ4v) is 3.55. The zero-order chi connectivity index (χ0) is 16.2. The lowest BCUT2D eigenvalue weighted by Crippen LogP contribution is -2.62. The van der Waals surface area contributed by atoms with E-state index >= 15 is 0 Å². The van der Waals surface area contributed by atoms with Gasteiger partial charge in [0.25, 0.3) is 0 Å². The van der Waals surface area contributed by atoms with Gasteiger partial charge in [-0.15, -0.1) is 0 Å². The van der Waals surface area contributed by atoms with E-state index in [2.05, 4.69) is 42.6 Å². The van der Waals surface area contributed by atoms with Crippen molar-refractivity contribution in [3.8, 4) is 0 Å². The second kappa shape index (κ2) is 7.75. The van der Waals surface area contributed by atoms with Gasteiger partial charge in [-0.2, -0.15) is 0 Å². The summed E-state index contributed by atoms with van der Waals surface area (Å²) in [6, 6.07) is 0. The van der Waals surface area contributed by atoms with Gasteiger partial charge in [-0.05, 0) is 32.9 Å². The third kappa shape index (κ3) is 4.43. The van der Waals surface area contributed by atoms with Crippen LogP contribution >= 0.6 is 0 Å². The summed E-state index contributed by atoms with van der Waals surface area (Å²) < 4.78 is 5.80. The number of morpholine rings is 1. The second-order valence-corrected chi connectivity index (χ2v) is 7.55. The molecule has 0 N–H and O–H groups in total. The Morgan fingerprint density at radius 3 is 2.50 bits per heavy atom. The fraction of sp³-hybridized carbons (Fsp3) is 0.941. The predicted octanol–water partition coefficient (Wildman–Crippen LogP) is 1.29. The first-order chi connectivity index (χ1) is 10.4. The van der Waals surface area contributed by atoms with Crippen LogP contribution in [-0.4, -0.2) is 86.2 Å². The second-order valence-electron chi connectivity index (χ2n) is 7.55. The molecule has 0 bridgehead atoms. The van der Waals surface area contributed by atoms with E-state index in [1.807, 2.05) is 0 Å². The highest BCUT2D eigenvalue weighted by molar-refractivity contribution is 5.76. The lowest BCUT2D eigenvalue weighted by Gasteiger charge is -2.51. The molecular formula is C17H33N3O2. The summed E-state index contributed by atoms with van der Waals surface area (Å²) in [7, 11) is 4.25. The minimum absolute atomic E-state index is 0.156. The molecular weight excluding hydrogens is 278 g/mol. The molecule has 2 heterocycles. The Balaban J connectivity index is 1.92. The Bertz CT molecular complexity index is 363. The van der Waals surface area contributed by atoms with E-state index in [9.17, 15) is 4.79 Å². The minimum Gasteiger partial charge on any atom is -0.378 e. The van der Waals surface area contributed by atoms with Gasteiger partial charge in [-0.25, -0.2) is 0 Å². The first-order valence-corrected chi connectivity index (χ1v) is 8.68. The molecule has 128 valence electrons. The highest BCUT2D eigenvalue weighted by Gasteiger charge is 2.42. The molecule has 0 atom stereocenters. The van der Waals surface area contributed by atoms with Gasteiger partial charge in [0.1, 0.15) is 0 Å². The number of piperidine rings is 1. The maximum absolute atomic E-state index is 12.3. The number of rotatable bonds is 5. The lowest BCUT2D eigenvalue weighted by atomic mass is 9.85. The number of hydrogen-bond donors (Lipinski definition) is 0. The lowest BCUT2D eigenvalue weighted by molar-refractivity contribution is -0.139. The van der Waals surface area contributed by atoms with E-state index in [1.165, 1.54) is 0 Å². The third-order valence-electron chi connectivity index (χ3n) is 4.99. The average molecular weight is 311 g/mol. The molecule has 0 saturated carbocycles. The number of carbonyl (C=O) groups excluding carboxylic acids is 1. The van der Waals surface area contributed by atoms with Crippen molar-refractivity contribution in [1.82, 2.24) is 14.7 Å². The Kier molecular flexibility index (Phi) is 6.24. The Morgan fingerprint density at radius 2 is 1.91 bits per heavy atom. The third-order valence-corrected chi connectivity index (χ3v) is 4.99. The van der Waals surface area contributed by atoms with Crippen molar-refractivity contribution in [1.29, 1.82) is 0 Å². The van der Waals surface area contributed by atoms with Crippen molar-refractivity contribution in [3.05, 3.63) is 0 Å². The molecule has 5 heteroatoms. The summed E-state index contributed by atoms with van der Waals surface area (Å²) in [6.45, 7) is 10.9. The van der Waals surface area contributed by atoms with Crippen molar-refractivity contribution < 1.29 is 9.53 Å². The smallest absolute Gasteiger partial charge is 0.222 e. The van der Waals surface area contributed by atoms with Gasteiger partial charge in [0.2, 0.25) is 5.91 Å². The van der Waals surface area contributed by atoms with Crippen LogP contribution in [0.2, 0.25) is 0 Å². The molecule has 0 aromatic heterocycles. The molecule has 0 aromatic carbocycles. The standard InChI is InChI=1S/C17H33N3O2/c1-15(2)13-16(21)19-7-5-17(6-8-19)14-22-12-11-20(17)10-9-18(3)4/h15H,5-14H2,1-4H3. The van der Waals surface area contributed by atoms with Gasteiger partial charge in [-0.3, -0.25) is 9.69 Å². The molecule has 2 fully saturated rings. The average Bonchev–Trinajstić information content (AvgIpc) is 2.46. The number of carbonyl (C=O) groups is 1. The maximum atomic E-state index is 12.3. The summed E-state index contributed by atoms with van der Waals surface area (Å²) >= 11 is 0. The molecule has 0 unspecified atom stereocenters. The monoisotopic (exact) mass is 311 g/mol. The summed E-state index contributed by atoms with van der Waals surface area (Å²) in [5.41, 5.74) is 0.156. The molecule has 1 amide bonds. The van der Waals surface area contributed by atoms with Crippen LogP contribution in [0.5, 0.6) is 0 Å². The van der Waals surface area contributed by atoms with Gasteiger partial charge >= 0.3 is 0 Å². The maximum Gasteiger partial charge on any atom is 0.222 e. The van der Waals surface area contributed by atoms with Crippen LogP contribution in [0.3, 0.4) is 0 Å². The topological polar surface area (TPSA) is 36.0 Å². The van der Waals surface area contributed by atoms with E-state index in [0.29, 0.717) is 18.2 Å². The highest BCUT2D eigenvalue weighted by atomic mass is 16.5. The zero-order valence-corrected chi connectivity index (χ0v) is 14.8. The van der Waals surface area contributed by atoms with Crippen LogP contribution in [0.1, 0.15) is 33.1 Å². The molecule has 0 aromatic rings. The molecule has 2 aliphatic rings. The molecule has 2 saturated heterocycles. The van der Waals surface area contributed by atoms with Gasteiger partial charge in [0, 0.05) is 44.7 Å². The zero-order valence-electron chi connectivity index (χ0n) is 14.8. The molecule has 0 radical (unpaired) electrons. The number of amides is 1. The fourth-order valence-electron chi connectivity index (χ4n) is 3.55. The Morgan fingerprint density at radius 1 is 1.23 bits per heavy atom. The van der Waals surface area contributed by atoms with Crippen LogP contribution in [0.25, 0.3) is 0 Å². The van der Waals surface area contributed by atoms with Crippen LogP contribution in [0, 0.1) is 5.92 Å². The van der Waals surface area contributed by atoms with Gasteiger partial charge < -0.3 is 14.5 Å². The summed E-state index contributed by atoms with van der Waals surface area (Å²) in [4.78, 5) is 19.2. The Hall–Kier alpha value is -0.650. The van der Waals surface area contributed by atoms with Crippen LogP contribution < -0.4 is 0 Å². The quantitative estimate of drug-likeness (QED) is 0.766. The van der Waals surface area contributed by atoms with Crippen molar-refractivity contribution in [2.45, 2.75) is 38.6 Å². The molecule has 1 spiro atoms. The van der Waals surface area contributed by atoms with Crippen molar-refractivity contribution in [3.63, 3.8) is 0 Å². The first-order valence-electron chi connectivity index (χ1n) is 8.68. The normalized spacial score (nSPS) is 22.7. The summed E-state index contributed by atoms with van der Waals surface area (Å²) in [6.07, 6.45) is 2.77. The summed E-state index contributed by atoms with van der Waals surface area (Å²) in [5.74, 6) is 0.763. The SMILES string of the molecule is CC(C)CC(=O)N1CCC2(CC1)COCCN2CCN(C)C. The predicted molar refractivity (Wildman–Crippen MR) is 88.9 cm³/mol. The molecule has 22 heavy (non-hydrogen) atoms. The number of likely N-dealkylation sites (tertiary alicyclic amines) is 1. The van der Waals surface area contributed by atoms with Crippen LogP contribution in [0.4, 0.5) is 0 Å². The number of hydrogen-bond acceptors (Lipinski definition) is 4. The van der Waals surface area contributed by atoms with E-state index in [-0.39, 0.29) is 5.54 Å². The largest absolute Gasteiger partial charge is 0.378 e. The Labute approximate surface area is 135 Å². The highest BCUT2D eigenvalue weighted by Crippen LogP contribution is 2.32. The van der Waals surface area contributed by atoms with E-state index in [1.54, 1.807) is 0 Å². The summed E-state index contributed by atoms with van der Waals surface area (Å²) in [5, 5.41) is 0. The van der Waals surface area contributed by atoms with Crippen molar-refractivity contribution in [2.24, 2.45) is 5.92 Å². The van der Waals surface area contributed by atoms with E-state index < -0.39 is 0 Å². The molecule has 0 aliphatic carbocycles. The van der Waals surface area contributed by atoms with Crippen molar-refractivity contribution in [2.75, 3.05) is 60.0 Å². The number of likely N-dealkylation sites (N-methyl/N-ethyl adjacent to an activating group) is 1. The van der Waals surface area contributed by atoms with Gasteiger partial charge in [0.05, 0.1) is 13.2 Å².